The zero-order chi connectivity index (χ0) is 13.3. The van der Waals surface area contributed by atoms with E-state index in [1.54, 1.807) is 0 Å². The molecule has 0 N–H and O–H groups in total. The molecule has 0 aliphatic heterocycles. The molecule has 0 aromatic carbocycles. The predicted octanol–water partition coefficient (Wildman–Crippen LogP) is 3.68. The van der Waals surface area contributed by atoms with Gasteiger partial charge in [-0.05, 0) is 32.1 Å². The molecule has 3 heteroatoms. The van der Waals surface area contributed by atoms with Crippen LogP contribution in [-0.4, -0.2) is 29.3 Å². The lowest BCUT2D eigenvalue weighted by atomic mass is 9.68. The number of rotatable bonds is 3. The second-order valence-corrected chi connectivity index (χ2v) is 6.90. The second-order valence-electron chi connectivity index (χ2n) is 6.63. The summed E-state index contributed by atoms with van der Waals surface area (Å²) in [6.45, 7) is 8.48. The smallest absolute Gasteiger partial charge is 0.226 e. The maximum atomic E-state index is 12.6. The van der Waals surface area contributed by atoms with Gasteiger partial charge in [-0.25, -0.2) is 0 Å². The lowest BCUT2D eigenvalue weighted by Crippen LogP contribution is -2.51. The number of amides is 1. The van der Waals surface area contributed by atoms with E-state index in [1.807, 2.05) is 25.8 Å². The summed E-state index contributed by atoms with van der Waals surface area (Å²) in [7, 11) is 1.88. The summed E-state index contributed by atoms with van der Waals surface area (Å²) in [6, 6.07) is 0. The summed E-state index contributed by atoms with van der Waals surface area (Å²) >= 11 is 5.95. The van der Waals surface area contributed by atoms with E-state index < -0.39 is 0 Å². The SMILES string of the molecule is CN(C(=O)C1CCCCC1(C)C)C(C)(C)CCl. The van der Waals surface area contributed by atoms with Gasteiger partial charge < -0.3 is 4.90 Å². The summed E-state index contributed by atoms with van der Waals surface area (Å²) < 4.78 is 0. The molecule has 1 rings (SSSR count). The van der Waals surface area contributed by atoms with Gasteiger partial charge in [0.25, 0.3) is 0 Å². The third-order valence-electron chi connectivity index (χ3n) is 4.37. The van der Waals surface area contributed by atoms with Crippen LogP contribution in [0.1, 0.15) is 53.4 Å². The highest BCUT2D eigenvalue weighted by atomic mass is 35.5. The maximum absolute atomic E-state index is 12.6. The highest BCUT2D eigenvalue weighted by Crippen LogP contribution is 2.42. The molecule has 0 saturated heterocycles. The molecule has 1 saturated carbocycles. The van der Waals surface area contributed by atoms with E-state index in [1.165, 1.54) is 12.8 Å². The highest BCUT2D eigenvalue weighted by molar-refractivity contribution is 6.18. The molecule has 1 fully saturated rings. The van der Waals surface area contributed by atoms with Gasteiger partial charge in [-0.3, -0.25) is 4.79 Å². The third kappa shape index (κ3) is 3.15. The zero-order valence-electron chi connectivity index (χ0n) is 11.8. The number of halogens is 1. The van der Waals surface area contributed by atoms with Crippen molar-refractivity contribution < 1.29 is 4.79 Å². The average Bonchev–Trinajstić information content (AvgIpc) is 2.26. The molecule has 2 nitrogen and oxygen atoms in total. The summed E-state index contributed by atoms with van der Waals surface area (Å²) in [5, 5.41) is 0. The van der Waals surface area contributed by atoms with Crippen LogP contribution in [0.15, 0.2) is 0 Å². The van der Waals surface area contributed by atoms with E-state index in [0.717, 1.165) is 12.8 Å². The third-order valence-corrected chi connectivity index (χ3v) is 5.02. The topological polar surface area (TPSA) is 20.3 Å². The van der Waals surface area contributed by atoms with Crippen LogP contribution >= 0.6 is 11.6 Å². The molecule has 0 aromatic rings. The average molecular weight is 260 g/mol. The van der Waals surface area contributed by atoms with Crippen LogP contribution < -0.4 is 0 Å². The maximum Gasteiger partial charge on any atom is 0.226 e. The molecule has 0 radical (unpaired) electrons. The first-order chi connectivity index (χ1) is 7.72. The highest BCUT2D eigenvalue weighted by Gasteiger charge is 2.41. The number of hydrogen-bond donors (Lipinski definition) is 0. The van der Waals surface area contributed by atoms with Gasteiger partial charge in [-0.1, -0.05) is 26.7 Å². The van der Waals surface area contributed by atoms with E-state index in [4.69, 9.17) is 11.6 Å². The Morgan fingerprint density at radius 1 is 1.41 bits per heavy atom. The molecule has 0 heterocycles. The van der Waals surface area contributed by atoms with Crippen molar-refractivity contribution in [2.75, 3.05) is 12.9 Å². The van der Waals surface area contributed by atoms with Crippen LogP contribution in [0.2, 0.25) is 0 Å². The van der Waals surface area contributed by atoms with Gasteiger partial charge >= 0.3 is 0 Å². The van der Waals surface area contributed by atoms with Gasteiger partial charge in [0.15, 0.2) is 0 Å². The van der Waals surface area contributed by atoms with Crippen molar-refractivity contribution in [3.63, 3.8) is 0 Å². The Kier molecular flexibility index (Phi) is 4.51. The summed E-state index contributed by atoms with van der Waals surface area (Å²) in [6.07, 6.45) is 4.60. The van der Waals surface area contributed by atoms with E-state index in [2.05, 4.69) is 13.8 Å². The molecule has 1 aliphatic rings. The summed E-state index contributed by atoms with van der Waals surface area (Å²) in [5.74, 6) is 0.895. The van der Waals surface area contributed by atoms with Crippen molar-refractivity contribution in [3.05, 3.63) is 0 Å². The monoisotopic (exact) mass is 259 g/mol. The van der Waals surface area contributed by atoms with Gasteiger partial charge in [0.05, 0.1) is 5.54 Å². The first kappa shape index (κ1) is 14.8. The number of hydrogen-bond acceptors (Lipinski definition) is 1. The molecule has 1 unspecified atom stereocenters. The molecule has 1 atom stereocenters. The lowest BCUT2D eigenvalue weighted by molar-refractivity contribution is -0.144. The van der Waals surface area contributed by atoms with E-state index in [-0.39, 0.29) is 22.8 Å². The van der Waals surface area contributed by atoms with Crippen LogP contribution in [0, 0.1) is 11.3 Å². The van der Waals surface area contributed by atoms with Gasteiger partial charge in [-0.15, -0.1) is 11.6 Å². The molecular formula is C14H26ClNO. The Balaban J connectivity index is 2.82. The predicted molar refractivity (Wildman–Crippen MR) is 73.3 cm³/mol. The normalized spacial score (nSPS) is 24.5. The van der Waals surface area contributed by atoms with Gasteiger partial charge in [0, 0.05) is 18.8 Å². The molecule has 0 aromatic heterocycles. The van der Waals surface area contributed by atoms with Gasteiger partial charge in [0.2, 0.25) is 5.91 Å². The number of alkyl halides is 1. The van der Waals surface area contributed by atoms with Crippen molar-refractivity contribution in [2.24, 2.45) is 11.3 Å². The molecule has 1 aliphatic carbocycles. The fraction of sp³-hybridized carbons (Fsp3) is 0.929. The van der Waals surface area contributed by atoms with Crippen molar-refractivity contribution in [2.45, 2.75) is 58.9 Å². The van der Waals surface area contributed by atoms with E-state index in [0.29, 0.717) is 5.88 Å². The number of nitrogens with zero attached hydrogens (tertiary/aromatic N) is 1. The molecule has 1 amide bonds. The van der Waals surface area contributed by atoms with Gasteiger partial charge in [-0.2, -0.15) is 0 Å². The summed E-state index contributed by atoms with van der Waals surface area (Å²) in [4.78, 5) is 14.4. The molecule has 100 valence electrons. The molecule has 0 spiro atoms. The Labute approximate surface area is 111 Å². The first-order valence-electron chi connectivity index (χ1n) is 6.56. The van der Waals surface area contributed by atoms with Crippen LogP contribution in [-0.2, 0) is 4.79 Å². The van der Waals surface area contributed by atoms with E-state index in [9.17, 15) is 4.79 Å². The van der Waals surface area contributed by atoms with Crippen molar-refractivity contribution in [1.82, 2.24) is 4.90 Å². The minimum absolute atomic E-state index is 0.131. The first-order valence-corrected chi connectivity index (χ1v) is 7.09. The molecule has 0 bridgehead atoms. The van der Waals surface area contributed by atoms with Crippen LogP contribution in [0.5, 0.6) is 0 Å². The van der Waals surface area contributed by atoms with Crippen molar-refractivity contribution in [1.29, 1.82) is 0 Å². The zero-order valence-corrected chi connectivity index (χ0v) is 12.6. The Morgan fingerprint density at radius 2 is 2.00 bits per heavy atom. The number of carbonyl (C=O) groups excluding carboxylic acids is 1. The minimum atomic E-state index is -0.258. The van der Waals surface area contributed by atoms with Crippen LogP contribution in [0.4, 0.5) is 0 Å². The van der Waals surface area contributed by atoms with Gasteiger partial charge in [0.1, 0.15) is 0 Å². The standard InChI is InChI=1S/C14H26ClNO/c1-13(2)9-7-6-8-11(13)12(17)16(5)14(3,4)10-15/h11H,6-10H2,1-5H3. The Bertz CT molecular complexity index is 286. The summed E-state index contributed by atoms with van der Waals surface area (Å²) in [5.41, 5.74) is -0.127. The van der Waals surface area contributed by atoms with Crippen molar-refractivity contribution >= 4 is 17.5 Å². The number of carbonyl (C=O) groups is 1. The van der Waals surface area contributed by atoms with E-state index >= 15 is 0 Å². The fourth-order valence-electron chi connectivity index (χ4n) is 2.57. The van der Waals surface area contributed by atoms with Crippen molar-refractivity contribution in [3.8, 4) is 0 Å². The fourth-order valence-corrected chi connectivity index (χ4v) is 2.75. The quantitative estimate of drug-likeness (QED) is 0.708. The second kappa shape index (κ2) is 5.17. The largest absolute Gasteiger partial charge is 0.339 e. The lowest BCUT2D eigenvalue weighted by Gasteiger charge is -2.43. The Morgan fingerprint density at radius 3 is 2.47 bits per heavy atom. The van der Waals surface area contributed by atoms with Crippen LogP contribution in [0.3, 0.4) is 0 Å². The van der Waals surface area contributed by atoms with Crippen LogP contribution in [0.25, 0.3) is 0 Å². The molecular weight excluding hydrogens is 234 g/mol. The molecule has 17 heavy (non-hydrogen) atoms. The minimum Gasteiger partial charge on any atom is -0.339 e. The Hall–Kier alpha value is -0.240.